The molecule has 0 amide bonds. The number of hydrogen-bond acceptors (Lipinski definition) is 2. The summed E-state index contributed by atoms with van der Waals surface area (Å²) in [5.74, 6) is -0.216. The zero-order valence-corrected chi connectivity index (χ0v) is 11.9. The van der Waals surface area contributed by atoms with E-state index in [0.29, 0.717) is 5.56 Å². The van der Waals surface area contributed by atoms with E-state index in [1.807, 2.05) is 18.2 Å². The van der Waals surface area contributed by atoms with Crippen LogP contribution in [-0.2, 0) is 4.74 Å². The monoisotopic (exact) mass is 248 g/mol. The Bertz CT molecular complexity index is 362. The van der Waals surface area contributed by atoms with Crippen LogP contribution in [-0.4, -0.2) is 12.1 Å². The van der Waals surface area contributed by atoms with E-state index in [4.69, 9.17) is 4.74 Å². The van der Waals surface area contributed by atoms with Crippen molar-refractivity contribution in [2.24, 2.45) is 5.41 Å². The number of esters is 1. The molecule has 18 heavy (non-hydrogen) atoms. The number of carbonyl (C=O) groups is 1. The van der Waals surface area contributed by atoms with E-state index in [9.17, 15) is 4.79 Å². The van der Waals surface area contributed by atoms with Gasteiger partial charge in [0.2, 0.25) is 0 Å². The first-order valence-electron chi connectivity index (χ1n) is 6.71. The minimum Gasteiger partial charge on any atom is -0.458 e. The molecular formula is C16H24O2. The molecule has 1 aromatic rings. The summed E-state index contributed by atoms with van der Waals surface area (Å²) in [6.45, 7) is 8.50. The first-order chi connectivity index (χ1) is 8.45. The second-order valence-corrected chi connectivity index (χ2v) is 5.77. The molecule has 1 aromatic carbocycles. The van der Waals surface area contributed by atoms with Crippen LogP contribution in [0, 0.1) is 5.41 Å². The van der Waals surface area contributed by atoms with Gasteiger partial charge in [-0.3, -0.25) is 0 Å². The minimum absolute atomic E-state index is 0.0143. The van der Waals surface area contributed by atoms with Crippen molar-refractivity contribution >= 4 is 5.97 Å². The smallest absolute Gasteiger partial charge is 0.338 e. The zero-order valence-electron chi connectivity index (χ0n) is 11.9. The molecular weight excluding hydrogens is 224 g/mol. The maximum atomic E-state index is 12.0. The second-order valence-electron chi connectivity index (χ2n) is 5.77. The molecule has 0 saturated heterocycles. The highest BCUT2D eigenvalue weighted by atomic mass is 16.5. The van der Waals surface area contributed by atoms with Gasteiger partial charge in [-0.25, -0.2) is 4.79 Å². The number of hydrogen-bond donors (Lipinski definition) is 0. The fraction of sp³-hybridized carbons (Fsp3) is 0.562. The van der Waals surface area contributed by atoms with Gasteiger partial charge in [0, 0.05) is 0 Å². The standard InChI is InChI=1S/C16H24O2/c1-5-6-12-14(16(2,3)4)18-15(17)13-10-8-7-9-11-13/h7-11,14H,5-6,12H2,1-4H3/t14-/m0/s1. The molecule has 0 saturated carbocycles. The lowest BCUT2D eigenvalue weighted by molar-refractivity contribution is -0.00674. The van der Waals surface area contributed by atoms with Gasteiger partial charge in [-0.05, 0) is 24.0 Å². The van der Waals surface area contributed by atoms with Crippen molar-refractivity contribution in [2.75, 3.05) is 0 Å². The molecule has 0 radical (unpaired) electrons. The average Bonchev–Trinajstić information content (AvgIpc) is 2.34. The van der Waals surface area contributed by atoms with Gasteiger partial charge in [0.15, 0.2) is 0 Å². The van der Waals surface area contributed by atoms with Crippen LogP contribution < -0.4 is 0 Å². The average molecular weight is 248 g/mol. The largest absolute Gasteiger partial charge is 0.458 e. The lowest BCUT2D eigenvalue weighted by atomic mass is 9.86. The molecule has 0 fully saturated rings. The molecule has 0 N–H and O–H groups in total. The fourth-order valence-corrected chi connectivity index (χ4v) is 1.83. The maximum Gasteiger partial charge on any atom is 0.338 e. The lowest BCUT2D eigenvalue weighted by Gasteiger charge is -2.30. The SMILES string of the molecule is CCCC[C@H](OC(=O)c1ccccc1)C(C)(C)C. The van der Waals surface area contributed by atoms with Gasteiger partial charge < -0.3 is 4.74 Å². The maximum absolute atomic E-state index is 12.0. The predicted molar refractivity (Wildman–Crippen MR) is 74.6 cm³/mol. The van der Waals surface area contributed by atoms with Crippen LogP contribution in [0.15, 0.2) is 30.3 Å². The molecule has 1 atom stereocenters. The Kier molecular flexibility index (Phi) is 5.39. The van der Waals surface area contributed by atoms with Crippen molar-refractivity contribution < 1.29 is 9.53 Å². The Labute approximate surface area is 110 Å². The number of carbonyl (C=O) groups excluding carboxylic acids is 1. The summed E-state index contributed by atoms with van der Waals surface area (Å²) >= 11 is 0. The molecule has 2 heteroatoms. The Morgan fingerprint density at radius 1 is 1.22 bits per heavy atom. The van der Waals surface area contributed by atoms with E-state index >= 15 is 0 Å². The van der Waals surface area contributed by atoms with Crippen molar-refractivity contribution in [3.05, 3.63) is 35.9 Å². The molecule has 0 aromatic heterocycles. The first kappa shape index (κ1) is 14.7. The van der Waals surface area contributed by atoms with Crippen LogP contribution in [0.5, 0.6) is 0 Å². The molecule has 0 aliphatic heterocycles. The Balaban J connectivity index is 2.69. The second kappa shape index (κ2) is 6.58. The third kappa shape index (κ3) is 4.52. The number of ether oxygens (including phenoxy) is 1. The van der Waals surface area contributed by atoms with Crippen LogP contribution >= 0.6 is 0 Å². The van der Waals surface area contributed by atoms with Gasteiger partial charge in [-0.15, -0.1) is 0 Å². The van der Waals surface area contributed by atoms with Gasteiger partial charge in [0.25, 0.3) is 0 Å². The molecule has 0 unspecified atom stereocenters. The minimum atomic E-state index is -0.216. The van der Waals surface area contributed by atoms with Crippen molar-refractivity contribution in [2.45, 2.75) is 53.1 Å². The van der Waals surface area contributed by atoms with Crippen LogP contribution in [0.2, 0.25) is 0 Å². The van der Waals surface area contributed by atoms with Crippen molar-refractivity contribution in [1.82, 2.24) is 0 Å². The van der Waals surface area contributed by atoms with E-state index in [-0.39, 0.29) is 17.5 Å². The lowest BCUT2D eigenvalue weighted by Crippen LogP contribution is -2.31. The fourth-order valence-electron chi connectivity index (χ4n) is 1.83. The molecule has 0 aliphatic rings. The summed E-state index contributed by atoms with van der Waals surface area (Å²) in [6, 6.07) is 9.20. The summed E-state index contributed by atoms with van der Waals surface area (Å²) in [7, 11) is 0. The van der Waals surface area contributed by atoms with Crippen LogP contribution in [0.1, 0.15) is 57.3 Å². The summed E-state index contributed by atoms with van der Waals surface area (Å²) < 4.78 is 5.66. The number of rotatable bonds is 5. The van der Waals surface area contributed by atoms with E-state index < -0.39 is 0 Å². The Morgan fingerprint density at radius 2 is 1.83 bits per heavy atom. The van der Waals surface area contributed by atoms with Crippen molar-refractivity contribution in [3.8, 4) is 0 Å². The molecule has 2 nitrogen and oxygen atoms in total. The van der Waals surface area contributed by atoms with E-state index in [2.05, 4.69) is 27.7 Å². The highest BCUT2D eigenvalue weighted by Crippen LogP contribution is 2.27. The highest BCUT2D eigenvalue weighted by Gasteiger charge is 2.28. The Hall–Kier alpha value is -1.31. The van der Waals surface area contributed by atoms with Gasteiger partial charge >= 0.3 is 5.97 Å². The van der Waals surface area contributed by atoms with Gasteiger partial charge in [-0.2, -0.15) is 0 Å². The first-order valence-corrected chi connectivity index (χ1v) is 6.71. The topological polar surface area (TPSA) is 26.3 Å². The molecule has 0 heterocycles. The molecule has 0 spiro atoms. The van der Waals surface area contributed by atoms with Crippen molar-refractivity contribution in [3.63, 3.8) is 0 Å². The van der Waals surface area contributed by atoms with E-state index in [1.165, 1.54) is 0 Å². The van der Waals surface area contributed by atoms with Crippen molar-refractivity contribution in [1.29, 1.82) is 0 Å². The van der Waals surface area contributed by atoms with Gasteiger partial charge in [0.1, 0.15) is 6.10 Å². The van der Waals surface area contributed by atoms with Crippen LogP contribution in [0.3, 0.4) is 0 Å². The van der Waals surface area contributed by atoms with Crippen LogP contribution in [0.25, 0.3) is 0 Å². The number of benzene rings is 1. The third-order valence-electron chi connectivity index (χ3n) is 3.04. The molecule has 100 valence electrons. The number of unbranched alkanes of at least 4 members (excludes halogenated alkanes) is 1. The normalized spacial score (nSPS) is 13.1. The molecule has 0 bridgehead atoms. The molecule has 0 aliphatic carbocycles. The van der Waals surface area contributed by atoms with Gasteiger partial charge in [-0.1, -0.05) is 58.7 Å². The Morgan fingerprint density at radius 3 is 2.33 bits per heavy atom. The van der Waals surface area contributed by atoms with Gasteiger partial charge in [0.05, 0.1) is 5.56 Å². The predicted octanol–water partition coefficient (Wildman–Crippen LogP) is 4.45. The summed E-state index contributed by atoms with van der Waals surface area (Å²) in [5.41, 5.74) is 0.614. The quantitative estimate of drug-likeness (QED) is 0.720. The third-order valence-corrected chi connectivity index (χ3v) is 3.04. The highest BCUT2D eigenvalue weighted by molar-refractivity contribution is 5.89. The summed E-state index contributed by atoms with van der Waals surface area (Å²) in [6.07, 6.45) is 3.11. The zero-order chi connectivity index (χ0) is 13.6. The van der Waals surface area contributed by atoms with E-state index in [0.717, 1.165) is 19.3 Å². The summed E-state index contributed by atoms with van der Waals surface area (Å²) in [5, 5.41) is 0. The molecule has 1 rings (SSSR count). The summed E-state index contributed by atoms with van der Waals surface area (Å²) in [4.78, 5) is 12.0. The van der Waals surface area contributed by atoms with E-state index in [1.54, 1.807) is 12.1 Å². The van der Waals surface area contributed by atoms with Crippen LogP contribution in [0.4, 0.5) is 0 Å².